The number of ketones is 4. The Hall–Kier alpha value is -3.35. The summed E-state index contributed by atoms with van der Waals surface area (Å²) in [5, 5.41) is 22.0. The van der Waals surface area contributed by atoms with E-state index in [4.69, 9.17) is 5.73 Å². The summed E-state index contributed by atoms with van der Waals surface area (Å²) in [6.07, 6.45) is 0.799. The second kappa shape index (κ2) is 8.15. The number of rotatable bonds is 2. The molecule has 2 fully saturated rings. The number of phenols is 1. The second-order valence-electron chi connectivity index (χ2n) is 9.43. The molecule has 0 heterocycles. The van der Waals surface area contributed by atoms with Crippen LogP contribution < -0.4 is 5.73 Å². The first kappa shape index (κ1) is 23.8. The lowest BCUT2D eigenvalue weighted by Crippen LogP contribution is -2.74. The summed E-state index contributed by atoms with van der Waals surface area (Å²) in [5.41, 5.74) is 3.61. The van der Waals surface area contributed by atoms with E-state index >= 15 is 0 Å². The fraction of sp³-hybridized carbons (Fsp3) is 0.480. The van der Waals surface area contributed by atoms with E-state index in [-0.39, 0.29) is 24.2 Å². The zero-order valence-corrected chi connectivity index (χ0v) is 19.1. The van der Waals surface area contributed by atoms with E-state index in [1.54, 1.807) is 20.2 Å². The van der Waals surface area contributed by atoms with E-state index in [9.17, 15) is 34.2 Å². The molecule has 0 radical (unpaired) electrons. The fourth-order valence-electron chi connectivity index (χ4n) is 5.91. The quantitative estimate of drug-likeness (QED) is 0.394. The molecule has 0 aliphatic heterocycles. The van der Waals surface area contributed by atoms with E-state index in [0.29, 0.717) is 17.5 Å². The highest BCUT2D eigenvalue weighted by Crippen LogP contribution is 2.50. The number of hydrogen-bond acceptors (Lipinski definition) is 8. The molecular weight excluding hydrogens is 440 g/mol. The van der Waals surface area contributed by atoms with Gasteiger partial charge in [0, 0.05) is 17.9 Å². The molecule has 178 valence electrons. The first-order valence-electron chi connectivity index (χ1n) is 11.1. The van der Waals surface area contributed by atoms with Crippen molar-refractivity contribution in [1.82, 2.24) is 4.90 Å². The minimum Gasteiger partial charge on any atom is -0.507 e. The van der Waals surface area contributed by atoms with Crippen molar-refractivity contribution in [3.63, 3.8) is 0 Å². The number of benzene rings is 1. The topological polar surface area (TPSA) is 155 Å². The van der Waals surface area contributed by atoms with E-state index < -0.39 is 64.4 Å². The monoisotopic (exact) mass is 466 g/mol. The molecule has 34 heavy (non-hydrogen) atoms. The van der Waals surface area contributed by atoms with Crippen LogP contribution >= 0.6 is 0 Å². The summed E-state index contributed by atoms with van der Waals surface area (Å²) < 4.78 is 0. The van der Waals surface area contributed by atoms with Crippen molar-refractivity contribution in [2.75, 3.05) is 14.1 Å². The molecule has 6 atom stereocenters. The largest absolute Gasteiger partial charge is 0.507 e. The Morgan fingerprint density at radius 2 is 1.88 bits per heavy atom. The first-order valence-corrected chi connectivity index (χ1v) is 11.1. The van der Waals surface area contributed by atoms with Crippen LogP contribution in [0.15, 0.2) is 12.1 Å². The highest BCUT2D eigenvalue weighted by atomic mass is 16.3. The van der Waals surface area contributed by atoms with Gasteiger partial charge in [0.2, 0.25) is 5.91 Å². The van der Waals surface area contributed by atoms with Gasteiger partial charge in [-0.25, -0.2) is 0 Å². The zero-order valence-electron chi connectivity index (χ0n) is 19.1. The summed E-state index contributed by atoms with van der Waals surface area (Å²) in [7, 11) is 3.09. The Labute approximate surface area is 196 Å². The normalized spacial score (nSPS) is 32.4. The standard InChI is InChI=1S/C25H26N2O7/c1-4-5-6-11-7-8-15(28)17-13(11)9-12-10-14-19(27(2)3)21(30)18(24(26)33)23(32)25(14,34)22(31)16(12)20(17)29/h7-8,12,14,16,18-19,28,34H,4,9-10H2,1-3H3,(H2,26,33)/t12-,14-,16?,18?,19-,25-/m0/s1. The maximum absolute atomic E-state index is 13.7. The average Bonchev–Trinajstić information content (AvgIpc) is 2.75. The van der Waals surface area contributed by atoms with Gasteiger partial charge in [0.25, 0.3) is 0 Å². The predicted octanol–water partition coefficient (Wildman–Crippen LogP) is -0.371. The van der Waals surface area contributed by atoms with Crippen molar-refractivity contribution in [1.29, 1.82) is 0 Å². The third kappa shape index (κ3) is 3.13. The summed E-state index contributed by atoms with van der Waals surface area (Å²) in [6, 6.07) is 1.82. The van der Waals surface area contributed by atoms with Crippen LogP contribution in [0.3, 0.4) is 0 Å². The molecule has 0 saturated heterocycles. The zero-order chi connectivity index (χ0) is 25.1. The Bertz CT molecular complexity index is 1210. The maximum atomic E-state index is 13.7. The average molecular weight is 466 g/mol. The summed E-state index contributed by atoms with van der Waals surface area (Å²) in [5.74, 6) is -4.58. The van der Waals surface area contributed by atoms with Gasteiger partial charge in [0.05, 0.1) is 17.5 Å². The summed E-state index contributed by atoms with van der Waals surface area (Å²) >= 11 is 0. The lowest BCUT2D eigenvalue weighted by atomic mass is 9.52. The number of fused-ring (bicyclic) bond motifs is 3. The molecule has 2 unspecified atom stereocenters. The maximum Gasteiger partial charge on any atom is 0.235 e. The number of Topliss-reactive ketones (excluding diaryl/α,β-unsaturated/α-hetero) is 4. The number of carbonyl (C=O) groups excluding carboxylic acids is 5. The fourth-order valence-corrected chi connectivity index (χ4v) is 5.91. The molecular formula is C25H26N2O7. The van der Waals surface area contributed by atoms with Crippen molar-refractivity contribution in [2.24, 2.45) is 29.4 Å². The van der Waals surface area contributed by atoms with Gasteiger partial charge in [-0.1, -0.05) is 18.8 Å². The van der Waals surface area contributed by atoms with Gasteiger partial charge in [-0.2, -0.15) is 0 Å². The van der Waals surface area contributed by atoms with Crippen molar-refractivity contribution in [2.45, 2.75) is 37.8 Å². The van der Waals surface area contributed by atoms with Crippen LogP contribution in [0.25, 0.3) is 0 Å². The SMILES string of the molecule is CCC#Cc1ccc(O)c2c1C[C@H]1C[C@H]3[C@H](N(C)C)C(=O)C(C(N)=O)C(=O)[C@@]3(O)C(=O)C1C2=O. The molecule has 1 aromatic carbocycles. The van der Waals surface area contributed by atoms with Crippen LogP contribution in [-0.2, 0) is 25.6 Å². The Kier molecular flexibility index (Phi) is 5.70. The Morgan fingerprint density at radius 1 is 1.21 bits per heavy atom. The summed E-state index contributed by atoms with van der Waals surface area (Å²) in [6.45, 7) is 1.87. The number of nitrogens with two attached hydrogens (primary N) is 1. The van der Waals surface area contributed by atoms with Crippen LogP contribution in [0.4, 0.5) is 0 Å². The minimum absolute atomic E-state index is 0.0141. The molecule has 3 aliphatic rings. The number of nitrogens with zero attached hydrogens (tertiary/aromatic N) is 1. The van der Waals surface area contributed by atoms with Gasteiger partial charge in [-0.05, 0) is 50.6 Å². The van der Waals surface area contributed by atoms with Crippen LogP contribution in [0.5, 0.6) is 5.75 Å². The minimum atomic E-state index is -2.72. The van der Waals surface area contributed by atoms with Crippen molar-refractivity contribution < 1.29 is 34.2 Å². The van der Waals surface area contributed by atoms with Crippen LogP contribution in [-0.4, -0.2) is 69.9 Å². The molecule has 4 N–H and O–H groups in total. The van der Waals surface area contributed by atoms with Crippen molar-refractivity contribution in [3.8, 4) is 17.6 Å². The van der Waals surface area contributed by atoms with E-state index in [2.05, 4.69) is 11.8 Å². The summed E-state index contributed by atoms with van der Waals surface area (Å²) in [4.78, 5) is 66.9. The van der Waals surface area contributed by atoms with Gasteiger partial charge < -0.3 is 15.9 Å². The van der Waals surface area contributed by atoms with Gasteiger partial charge in [-0.3, -0.25) is 28.9 Å². The highest BCUT2D eigenvalue weighted by molar-refractivity contribution is 6.32. The number of primary amides is 1. The van der Waals surface area contributed by atoms with Crippen LogP contribution in [0.1, 0.15) is 41.3 Å². The molecule has 0 aromatic heterocycles. The second-order valence-corrected chi connectivity index (χ2v) is 9.43. The number of aliphatic hydroxyl groups is 1. The lowest BCUT2D eigenvalue weighted by Gasteiger charge is -2.52. The smallest absolute Gasteiger partial charge is 0.235 e. The van der Waals surface area contributed by atoms with Crippen LogP contribution in [0.2, 0.25) is 0 Å². The Morgan fingerprint density at radius 3 is 2.47 bits per heavy atom. The van der Waals surface area contributed by atoms with Crippen LogP contribution in [0, 0.1) is 35.5 Å². The number of likely N-dealkylation sites (N-methyl/N-ethyl adjacent to an activating group) is 1. The number of carbonyl (C=O) groups is 5. The van der Waals surface area contributed by atoms with Crippen molar-refractivity contribution in [3.05, 3.63) is 28.8 Å². The molecule has 1 aromatic rings. The van der Waals surface area contributed by atoms with E-state index in [1.165, 1.54) is 11.0 Å². The molecule has 3 aliphatic carbocycles. The molecule has 0 bridgehead atoms. The van der Waals surface area contributed by atoms with Gasteiger partial charge in [0.15, 0.2) is 34.7 Å². The highest BCUT2D eigenvalue weighted by Gasteiger charge is 2.69. The number of aromatic hydroxyl groups is 1. The third-order valence-electron chi connectivity index (χ3n) is 7.34. The molecule has 2 saturated carbocycles. The molecule has 4 rings (SSSR count). The lowest BCUT2D eigenvalue weighted by molar-refractivity contribution is -0.181. The van der Waals surface area contributed by atoms with Gasteiger partial charge >= 0.3 is 0 Å². The third-order valence-corrected chi connectivity index (χ3v) is 7.34. The van der Waals surface area contributed by atoms with E-state index in [1.807, 2.05) is 6.92 Å². The van der Waals surface area contributed by atoms with Crippen molar-refractivity contribution >= 4 is 29.0 Å². The molecule has 1 amide bonds. The number of phenolic OH excluding ortho intramolecular Hbond substituents is 1. The molecule has 9 heteroatoms. The van der Waals surface area contributed by atoms with E-state index in [0.717, 1.165) is 0 Å². The van der Waals surface area contributed by atoms with Gasteiger partial charge in [-0.15, -0.1) is 0 Å². The predicted molar refractivity (Wildman–Crippen MR) is 119 cm³/mol. The van der Waals surface area contributed by atoms with Gasteiger partial charge in [0.1, 0.15) is 5.75 Å². The first-order chi connectivity index (χ1) is 16.0. The number of amides is 1. The Balaban J connectivity index is 1.88. The molecule has 9 nitrogen and oxygen atoms in total. The molecule has 0 spiro atoms. The number of hydrogen-bond donors (Lipinski definition) is 3.